The van der Waals surface area contributed by atoms with E-state index in [0.29, 0.717) is 17.8 Å². The summed E-state index contributed by atoms with van der Waals surface area (Å²) in [4.78, 5) is 56.0. The number of carbonyl (C=O) groups is 3. The molecule has 36 heavy (non-hydrogen) atoms. The topological polar surface area (TPSA) is 119 Å². The van der Waals surface area contributed by atoms with E-state index >= 15 is 0 Å². The first-order chi connectivity index (χ1) is 17.3. The van der Waals surface area contributed by atoms with Crippen molar-refractivity contribution in [1.29, 1.82) is 0 Å². The van der Waals surface area contributed by atoms with Gasteiger partial charge in [0.25, 0.3) is 17.4 Å². The van der Waals surface area contributed by atoms with Gasteiger partial charge in [-0.05, 0) is 48.9 Å². The zero-order chi connectivity index (χ0) is 25.8. The van der Waals surface area contributed by atoms with Crippen molar-refractivity contribution in [3.63, 3.8) is 0 Å². The average Bonchev–Trinajstić information content (AvgIpc) is 3.26. The first-order valence-corrected chi connectivity index (χ1v) is 11.7. The van der Waals surface area contributed by atoms with Crippen LogP contribution < -0.4 is 16.2 Å². The monoisotopic (exact) mass is 508 g/mol. The molecule has 0 saturated heterocycles. The third-order valence-corrected chi connectivity index (χ3v) is 6.18. The third-order valence-electron chi connectivity index (χ3n) is 5.14. The minimum Gasteiger partial charge on any atom is -0.465 e. The van der Waals surface area contributed by atoms with Crippen LogP contribution in [0, 0.1) is 5.82 Å². The average molecular weight is 509 g/mol. The molecule has 4 rings (SSSR count). The lowest BCUT2D eigenvalue weighted by Gasteiger charge is -2.09. The molecule has 2 N–H and O–H groups in total. The van der Waals surface area contributed by atoms with Crippen LogP contribution in [-0.4, -0.2) is 34.3 Å². The summed E-state index contributed by atoms with van der Waals surface area (Å²) in [6.45, 7) is 1.95. The SMILES string of the molecule is CCCc1cc(=O)n2c(C(=O)Nc3cccc(C(=O)OC)c3)c(C(=O)Nc3ccc(F)cc3)sc2n1. The molecule has 0 atom stereocenters. The summed E-state index contributed by atoms with van der Waals surface area (Å²) < 4.78 is 19.1. The standard InChI is InChI=1S/C25H21FN4O5S/c1-3-5-17-13-19(31)30-20(22(32)28-18-7-4-6-14(12-18)24(34)35-2)21(36-25(30)29-17)23(33)27-16-10-8-15(26)9-11-16/h4,6-13H,3,5H2,1-2H3,(H,27,33)(H,28,32). The molecule has 0 bridgehead atoms. The highest BCUT2D eigenvalue weighted by molar-refractivity contribution is 7.19. The number of rotatable bonds is 7. The van der Waals surface area contributed by atoms with Crippen LogP contribution in [0.15, 0.2) is 59.4 Å². The first-order valence-electron chi connectivity index (χ1n) is 10.9. The molecule has 9 nitrogen and oxygen atoms in total. The summed E-state index contributed by atoms with van der Waals surface area (Å²) in [5.74, 6) is -2.47. The van der Waals surface area contributed by atoms with E-state index in [4.69, 9.17) is 4.74 Å². The number of aromatic nitrogens is 2. The highest BCUT2D eigenvalue weighted by Gasteiger charge is 2.27. The second-order valence-corrected chi connectivity index (χ2v) is 8.70. The van der Waals surface area contributed by atoms with Crippen LogP contribution in [0.4, 0.5) is 15.8 Å². The molecule has 0 aliphatic rings. The number of methoxy groups -OCH3 is 1. The van der Waals surface area contributed by atoms with Crippen LogP contribution in [0.1, 0.15) is 49.6 Å². The lowest BCUT2D eigenvalue weighted by molar-refractivity contribution is 0.0600. The summed E-state index contributed by atoms with van der Waals surface area (Å²) in [6.07, 6.45) is 1.32. The number of nitrogens with one attached hydrogen (secondary N) is 2. The fourth-order valence-electron chi connectivity index (χ4n) is 3.52. The van der Waals surface area contributed by atoms with Crippen LogP contribution in [0.5, 0.6) is 0 Å². The second-order valence-electron chi connectivity index (χ2n) is 7.72. The summed E-state index contributed by atoms with van der Waals surface area (Å²) in [5.41, 5.74) is 0.612. The molecule has 2 aromatic carbocycles. The van der Waals surface area contributed by atoms with Crippen molar-refractivity contribution in [3.05, 3.63) is 92.6 Å². The largest absolute Gasteiger partial charge is 0.465 e. The van der Waals surface area contributed by atoms with Crippen LogP contribution >= 0.6 is 11.3 Å². The van der Waals surface area contributed by atoms with Crippen molar-refractivity contribution in [2.24, 2.45) is 0 Å². The van der Waals surface area contributed by atoms with E-state index in [0.717, 1.165) is 22.2 Å². The van der Waals surface area contributed by atoms with E-state index in [9.17, 15) is 23.6 Å². The molecule has 0 fully saturated rings. The molecule has 0 unspecified atom stereocenters. The zero-order valence-electron chi connectivity index (χ0n) is 19.3. The van der Waals surface area contributed by atoms with E-state index < -0.39 is 29.2 Å². The van der Waals surface area contributed by atoms with Crippen molar-refractivity contribution < 1.29 is 23.5 Å². The van der Waals surface area contributed by atoms with Crippen molar-refractivity contribution in [2.45, 2.75) is 19.8 Å². The van der Waals surface area contributed by atoms with Gasteiger partial charge in [-0.3, -0.25) is 14.4 Å². The van der Waals surface area contributed by atoms with Crippen LogP contribution in [-0.2, 0) is 11.2 Å². The highest BCUT2D eigenvalue weighted by Crippen LogP contribution is 2.24. The number of carbonyl (C=O) groups excluding carboxylic acids is 3. The Kier molecular flexibility index (Phi) is 7.20. The molecule has 11 heteroatoms. The quantitative estimate of drug-likeness (QED) is 0.362. The van der Waals surface area contributed by atoms with E-state index in [1.807, 2.05) is 6.92 Å². The third kappa shape index (κ3) is 5.15. The molecule has 184 valence electrons. The summed E-state index contributed by atoms with van der Waals surface area (Å²) in [5, 5.41) is 5.25. The fourth-order valence-corrected chi connectivity index (χ4v) is 4.56. The fraction of sp³-hybridized carbons (Fsp3) is 0.160. The maximum absolute atomic E-state index is 13.4. The van der Waals surface area contributed by atoms with Crippen LogP contribution in [0.3, 0.4) is 0 Å². The Labute approximate surface area is 208 Å². The van der Waals surface area contributed by atoms with Crippen molar-refractivity contribution in [3.8, 4) is 0 Å². The van der Waals surface area contributed by atoms with Gasteiger partial charge in [-0.15, -0.1) is 0 Å². The van der Waals surface area contributed by atoms with E-state index in [2.05, 4.69) is 15.6 Å². The van der Waals surface area contributed by atoms with E-state index in [1.165, 1.54) is 49.6 Å². The Bertz CT molecular complexity index is 1530. The maximum Gasteiger partial charge on any atom is 0.337 e. The Morgan fingerprint density at radius 2 is 1.75 bits per heavy atom. The van der Waals surface area contributed by atoms with Gasteiger partial charge in [0.15, 0.2) is 4.96 Å². The highest BCUT2D eigenvalue weighted by atomic mass is 32.1. The normalized spacial score (nSPS) is 10.8. The number of thiazole rings is 1. The Morgan fingerprint density at radius 3 is 2.44 bits per heavy atom. The van der Waals surface area contributed by atoms with Gasteiger partial charge < -0.3 is 15.4 Å². The molecular weight excluding hydrogens is 487 g/mol. The smallest absolute Gasteiger partial charge is 0.337 e. The number of hydrogen-bond donors (Lipinski definition) is 2. The number of esters is 1. The number of fused-ring (bicyclic) bond motifs is 1. The molecular formula is C25H21FN4O5S. The number of anilines is 2. The molecule has 0 aliphatic carbocycles. The maximum atomic E-state index is 13.4. The number of halogens is 1. The van der Waals surface area contributed by atoms with Gasteiger partial charge >= 0.3 is 5.97 Å². The number of ether oxygens (including phenoxy) is 1. The Hall–Kier alpha value is -4.38. The second kappa shape index (κ2) is 10.5. The Morgan fingerprint density at radius 1 is 1.03 bits per heavy atom. The number of hydrogen-bond acceptors (Lipinski definition) is 7. The molecule has 0 saturated carbocycles. The van der Waals surface area contributed by atoms with Crippen molar-refractivity contribution in [2.75, 3.05) is 17.7 Å². The number of nitrogens with zero attached hydrogens (tertiary/aromatic N) is 2. The molecule has 4 aromatic rings. The summed E-state index contributed by atoms with van der Waals surface area (Å²) >= 11 is 0.890. The Balaban J connectivity index is 1.78. The van der Waals surface area contributed by atoms with Crippen LogP contribution in [0.25, 0.3) is 4.96 Å². The number of amides is 2. The lowest BCUT2D eigenvalue weighted by atomic mass is 10.2. The lowest BCUT2D eigenvalue weighted by Crippen LogP contribution is -2.25. The van der Waals surface area contributed by atoms with Gasteiger partial charge in [-0.1, -0.05) is 30.7 Å². The van der Waals surface area contributed by atoms with Gasteiger partial charge in [-0.25, -0.2) is 18.6 Å². The summed E-state index contributed by atoms with van der Waals surface area (Å²) in [6, 6.07) is 12.5. The van der Waals surface area contributed by atoms with E-state index in [-0.39, 0.29) is 26.8 Å². The van der Waals surface area contributed by atoms with Gasteiger partial charge in [0.05, 0.1) is 12.7 Å². The summed E-state index contributed by atoms with van der Waals surface area (Å²) in [7, 11) is 1.24. The molecule has 0 radical (unpaired) electrons. The van der Waals surface area contributed by atoms with E-state index in [1.54, 1.807) is 12.1 Å². The predicted molar refractivity (Wildman–Crippen MR) is 133 cm³/mol. The minimum atomic E-state index is -0.750. The van der Waals surface area contributed by atoms with Gasteiger partial charge in [0.1, 0.15) is 16.4 Å². The van der Waals surface area contributed by atoms with Crippen LogP contribution in [0.2, 0.25) is 0 Å². The van der Waals surface area contributed by atoms with Crippen molar-refractivity contribution in [1.82, 2.24) is 9.38 Å². The first kappa shape index (κ1) is 24.7. The van der Waals surface area contributed by atoms with Crippen molar-refractivity contribution >= 4 is 45.5 Å². The molecule has 2 amide bonds. The molecule has 0 aliphatic heterocycles. The minimum absolute atomic E-state index is 0.0563. The zero-order valence-corrected chi connectivity index (χ0v) is 20.1. The number of aryl methyl sites for hydroxylation is 1. The van der Waals surface area contributed by atoms with Gasteiger partial charge in [-0.2, -0.15) is 0 Å². The molecule has 0 spiro atoms. The molecule has 2 heterocycles. The number of benzene rings is 2. The predicted octanol–water partition coefficient (Wildman–Crippen LogP) is 4.14. The molecule has 2 aromatic heterocycles. The van der Waals surface area contributed by atoms with Gasteiger partial charge in [0, 0.05) is 23.1 Å². The van der Waals surface area contributed by atoms with Gasteiger partial charge in [0.2, 0.25) is 0 Å².